The van der Waals surface area contributed by atoms with Gasteiger partial charge >= 0.3 is 0 Å². The third kappa shape index (κ3) is 3.18. The maximum absolute atomic E-state index is 12.0. The van der Waals surface area contributed by atoms with Gasteiger partial charge in [0.05, 0.1) is 12.7 Å². The molecule has 0 radical (unpaired) electrons. The van der Waals surface area contributed by atoms with Crippen LogP contribution in [0.25, 0.3) is 0 Å². The van der Waals surface area contributed by atoms with Crippen molar-refractivity contribution < 1.29 is 9.53 Å². The summed E-state index contributed by atoms with van der Waals surface area (Å²) in [7, 11) is 5.77. The number of carbonyl (C=O) groups excluding carboxylic acids is 1. The predicted octanol–water partition coefficient (Wildman–Crippen LogP) is 2.25. The highest BCUT2D eigenvalue weighted by Crippen LogP contribution is 2.38. The molecule has 1 aromatic rings. The maximum Gasteiger partial charge on any atom is 0.253 e. The molecule has 4 heteroatoms. The molecule has 3 atom stereocenters. The molecule has 2 bridgehead atoms. The highest BCUT2D eigenvalue weighted by Gasteiger charge is 2.41. The molecule has 1 aromatic carbocycles. The minimum atomic E-state index is 0.0428. The van der Waals surface area contributed by atoms with Gasteiger partial charge in [-0.2, -0.15) is 0 Å². The molecule has 1 amide bonds. The number of fused-ring (bicyclic) bond motifs is 2. The van der Waals surface area contributed by atoms with E-state index in [-0.39, 0.29) is 5.91 Å². The second kappa shape index (κ2) is 6.39. The smallest absolute Gasteiger partial charge is 0.253 e. The van der Waals surface area contributed by atoms with Crippen LogP contribution in [0.5, 0.6) is 0 Å². The molecule has 1 aliphatic carbocycles. The van der Waals surface area contributed by atoms with Crippen LogP contribution in [0.2, 0.25) is 0 Å². The molecule has 4 nitrogen and oxygen atoms in total. The van der Waals surface area contributed by atoms with Gasteiger partial charge in [-0.25, -0.2) is 0 Å². The molecule has 120 valence electrons. The number of amides is 1. The lowest BCUT2D eigenvalue weighted by molar-refractivity contribution is -0.0460. The molecular weight excluding hydrogens is 276 g/mol. The summed E-state index contributed by atoms with van der Waals surface area (Å²) in [4.78, 5) is 16.1. The first-order chi connectivity index (χ1) is 10.5. The van der Waals surface area contributed by atoms with Crippen LogP contribution in [-0.2, 0) is 11.3 Å². The zero-order chi connectivity index (χ0) is 15.7. The lowest BCUT2D eigenvalue weighted by Crippen LogP contribution is -2.43. The van der Waals surface area contributed by atoms with Gasteiger partial charge in [-0.3, -0.25) is 4.79 Å². The Morgan fingerprint density at radius 2 is 1.95 bits per heavy atom. The normalized spacial score (nSPS) is 27.9. The summed E-state index contributed by atoms with van der Waals surface area (Å²) in [6, 6.07) is 7.81. The molecule has 1 saturated heterocycles. The number of ether oxygens (including phenoxy) is 1. The van der Waals surface area contributed by atoms with E-state index >= 15 is 0 Å². The van der Waals surface area contributed by atoms with Crippen LogP contribution < -0.4 is 0 Å². The number of carbonyl (C=O) groups is 1. The summed E-state index contributed by atoms with van der Waals surface area (Å²) < 4.78 is 6.25. The van der Waals surface area contributed by atoms with Gasteiger partial charge in [0.1, 0.15) is 0 Å². The van der Waals surface area contributed by atoms with E-state index in [1.165, 1.54) is 12.8 Å². The fraction of sp³-hybridized carbons (Fsp3) is 0.611. The van der Waals surface area contributed by atoms with Gasteiger partial charge < -0.3 is 14.5 Å². The van der Waals surface area contributed by atoms with Gasteiger partial charge in [0, 0.05) is 32.7 Å². The zero-order valence-corrected chi connectivity index (χ0v) is 13.8. The van der Waals surface area contributed by atoms with E-state index in [4.69, 9.17) is 4.74 Å². The Hall–Kier alpha value is -1.39. The Kier molecular flexibility index (Phi) is 4.50. The highest BCUT2D eigenvalue weighted by molar-refractivity contribution is 5.94. The van der Waals surface area contributed by atoms with Gasteiger partial charge in [0.25, 0.3) is 5.91 Å². The van der Waals surface area contributed by atoms with Crippen molar-refractivity contribution in [1.29, 1.82) is 0 Å². The number of hydrogen-bond acceptors (Lipinski definition) is 3. The van der Waals surface area contributed by atoms with Gasteiger partial charge in [-0.1, -0.05) is 12.1 Å². The molecule has 2 fully saturated rings. The number of hydrogen-bond donors (Lipinski definition) is 0. The summed E-state index contributed by atoms with van der Waals surface area (Å²) >= 11 is 0. The zero-order valence-electron chi connectivity index (χ0n) is 13.8. The largest absolute Gasteiger partial charge is 0.373 e. The first-order valence-electron chi connectivity index (χ1n) is 8.15. The average molecular weight is 302 g/mol. The minimum Gasteiger partial charge on any atom is -0.373 e. The topological polar surface area (TPSA) is 32.8 Å². The standard InChI is InChI=1S/C18H26N2O2/c1-19(2)18(21)14-6-4-5-13(9-14)12-22-17-15-7-8-16(17)11-20(3)10-15/h4-6,9,15-17H,7-8,10-12H2,1-3H3/t15-,16+,17+. The summed E-state index contributed by atoms with van der Waals surface area (Å²) in [5.74, 6) is 1.40. The summed E-state index contributed by atoms with van der Waals surface area (Å²) in [5.41, 5.74) is 1.82. The van der Waals surface area contributed by atoms with Crippen LogP contribution in [0.15, 0.2) is 24.3 Å². The number of nitrogens with zero attached hydrogens (tertiary/aromatic N) is 2. The maximum atomic E-state index is 12.0. The number of rotatable bonds is 4. The molecule has 1 aliphatic heterocycles. The van der Waals surface area contributed by atoms with E-state index in [0.717, 1.165) is 24.2 Å². The van der Waals surface area contributed by atoms with Crippen molar-refractivity contribution >= 4 is 5.91 Å². The second-order valence-corrected chi connectivity index (χ2v) is 6.99. The fourth-order valence-corrected chi connectivity index (χ4v) is 3.92. The van der Waals surface area contributed by atoms with E-state index in [1.54, 1.807) is 19.0 Å². The van der Waals surface area contributed by atoms with Crippen LogP contribution in [0.1, 0.15) is 28.8 Å². The number of likely N-dealkylation sites (tertiary alicyclic amines) is 1. The first kappa shape index (κ1) is 15.5. The Labute approximate surface area is 133 Å². The van der Waals surface area contributed by atoms with E-state index in [9.17, 15) is 4.79 Å². The Morgan fingerprint density at radius 1 is 1.27 bits per heavy atom. The second-order valence-electron chi connectivity index (χ2n) is 6.99. The van der Waals surface area contributed by atoms with Crippen LogP contribution in [0, 0.1) is 11.8 Å². The van der Waals surface area contributed by atoms with Crippen molar-refractivity contribution in [2.45, 2.75) is 25.6 Å². The molecule has 0 N–H and O–H groups in total. The van der Waals surface area contributed by atoms with Crippen LogP contribution in [-0.4, -0.2) is 56.0 Å². The van der Waals surface area contributed by atoms with Crippen molar-refractivity contribution in [3.63, 3.8) is 0 Å². The van der Waals surface area contributed by atoms with Crippen LogP contribution >= 0.6 is 0 Å². The molecule has 0 spiro atoms. The highest BCUT2D eigenvalue weighted by atomic mass is 16.5. The number of piperidine rings is 1. The summed E-state index contributed by atoms with van der Waals surface area (Å²) in [6.45, 7) is 2.91. The molecule has 3 rings (SSSR count). The van der Waals surface area contributed by atoms with Crippen molar-refractivity contribution in [1.82, 2.24) is 9.80 Å². The molecule has 1 saturated carbocycles. The molecule has 0 unspecified atom stereocenters. The average Bonchev–Trinajstić information content (AvgIpc) is 2.74. The van der Waals surface area contributed by atoms with E-state index in [2.05, 4.69) is 11.9 Å². The van der Waals surface area contributed by atoms with E-state index in [0.29, 0.717) is 24.5 Å². The number of benzene rings is 1. The predicted molar refractivity (Wildman–Crippen MR) is 86.7 cm³/mol. The van der Waals surface area contributed by atoms with Crippen molar-refractivity contribution in [3.05, 3.63) is 35.4 Å². The third-order valence-electron chi connectivity index (χ3n) is 4.95. The molecule has 1 heterocycles. The lowest BCUT2D eigenvalue weighted by Gasteiger charge is -2.35. The summed E-state index contributed by atoms with van der Waals surface area (Å²) in [5, 5.41) is 0. The van der Waals surface area contributed by atoms with Crippen LogP contribution in [0.4, 0.5) is 0 Å². The Bertz CT molecular complexity index is 530. The molecule has 2 aliphatic rings. The van der Waals surface area contributed by atoms with Gasteiger partial charge in [-0.05, 0) is 49.4 Å². The molecule has 22 heavy (non-hydrogen) atoms. The van der Waals surface area contributed by atoms with Gasteiger partial charge in [0.2, 0.25) is 0 Å². The van der Waals surface area contributed by atoms with Crippen LogP contribution in [0.3, 0.4) is 0 Å². The van der Waals surface area contributed by atoms with Crippen molar-refractivity contribution in [3.8, 4) is 0 Å². The third-order valence-corrected chi connectivity index (χ3v) is 4.95. The molecular formula is C18H26N2O2. The summed E-state index contributed by atoms with van der Waals surface area (Å²) in [6.07, 6.45) is 2.97. The molecule has 0 aromatic heterocycles. The van der Waals surface area contributed by atoms with Gasteiger partial charge in [0.15, 0.2) is 0 Å². The minimum absolute atomic E-state index is 0.0428. The quantitative estimate of drug-likeness (QED) is 0.855. The van der Waals surface area contributed by atoms with Crippen molar-refractivity contribution in [2.75, 3.05) is 34.2 Å². The van der Waals surface area contributed by atoms with E-state index in [1.807, 2.05) is 24.3 Å². The lowest BCUT2D eigenvalue weighted by atomic mass is 9.95. The Morgan fingerprint density at radius 3 is 2.59 bits per heavy atom. The van der Waals surface area contributed by atoms with E-state index < -0.39 is 0 Å². The fourth-order valence-electron chi connectivity index (χ4n) is 3.92. The first-order valence-corrected chi connectivity index (χ1v) is 8.15. The monoisotopic (exact) mass is 302 g/mol. The SMILES string of the molecule is CN1C[C@H]2CC[C@@H](C1)[C@H]2OCc1cccc(C(=O)N(C)C)c1. The van der Waals surface area contributed by atoms with Gasteiger partial charge in [-0.15, -0.1) is 0 Å². The van der Waals surface area contributed by atoms with Crippen molar-refractivity contribution in [2.24, 2.45) is 11.8 Å². The Balaban J connectivity index is 1.63.